The molecule has 0 unspecified atom stereocenters. The number of halogens is 2. The van der Waals surface area contributed by atoms with Crippen LogP contribution in [0.3, 0.4) is 0 Å². The number of nitrogens with one attached hydrogen (secondary N) is 1. The van der Waals surface area contributed by atoms with E-state index in [0.717, 1.165) is 21.2 Å². The van der Waals surface area contributed by atoms with Crippen molar-refractivity contribution in [2.75, 3.05) is 6.61 Å². The molecule has 1 N–H and O–H groups in total. The van der Waals surface area contributed by atoms with Crippen LogP contribution in [0.2, 0.25) is 5.02 Å². The van der Waals surface area contributed by atoms with E-state index in [0.29, 0.717) is 35.3 Å². The van der Waals surface area contributed by atoms with Crippen molar-refractivity contribution in [1.29, 1.82) is 0 Å². The first-order valence-electron chi connectivity index (χ1n) is 9.70. The number of ether oxygens (including phenoxy) is 2. The summed E-state index contributed by atoms with van der Waals surface area (Å²) in [6.07, 6.45) is 1.54. The lowest BCUT2D eigenvalue weighted by Gasteiger charge is -2.12. The Labute approximate surface area is 195 Å². The Kier molecular flexibility index (Phi) is 8.09. The van der Waals surface area contributed by atoms with Crippen molar-refractivity contribution < 1.29 is 14.3 Å². The number of nitrogens with zero attached hydrogens (tertiary/aromatic N) is 1. The Morgan fingerprint density at radius 1 is 1.06 bits per heavy atom. The molecule has 0 spiro atoms. The van der Waals surface area contributed by atoms with Crippen LogP contribution in [0.25, 0.3) is 0 Å². The zero-order valence-electron chi connectivity index (χ0n) is 17.2. The Bertz CT molecular complexity index is 1080. The van der Waals surface area contributed by atoms with Gasteiger partial charge in [0.25, 0.3) is 5.91 Å². The first-order chi connectivity index (χ1) is 15.0. The van der Waals surface area contributed by atoms with Crippen LogP contribution in [0.15, 0.2) is 70.2 Å². The van der Waals surface area contributed by atoms with Crippen molar-refractivity contribution in [3.8, 4) is 11.5 Å². The summed E-state index contributed by atoms with van der Waals surface area (Å²) in [6.45, 7) is 4.74. The van der Waals surface area contributed by atoms with Crippen molar-refractivity contribution in [1.82, 2.24) is 5.43 Å². The van der Waals surface area contributed by atoms with Gasteiger partial charge in [0.05, 0.1) is 23.4 Å². The van der Waals surface area contributed by atoms with Crippen LogP contribution >= 0.6 is 27.5 Å². The Hall–Kier alpha value is -2.83. The molecule has 3 aromatic carbocycles. The van der Waals surface area contributed by atoms with Gasteiger partial charge in [-0.2, -0.15) is 5.10 Å². The van der Waals surface area contributed by atoms with E-state index in [1.807, 2.05) is 62.4 Å². The van der Waals surface area contributed by atoms with Gasteiger partial charge in [-0.15, -0.1) is 0 Å². The van der Waals surface area contributed by atoms with Crippen LogP contribution < -0.4 is 14.9 Å². The third kappa shape index (κ3) is 6.57. The lowest BCUT2D eigenvalue weighted by atomic mass is 10.1. The predicted octanol–water partition coefficient (Wildman–Crippen LogP) is 6.15. The molecule has 0 fully saturated rings. The van der Waals surface area contributed by atoms with Crippen molar-refractivity contribution in [3.63, 3.8) is 0 Å². The van der Waals surface area contributed by atoms with Gasteiger partial charge < -0.3 is 9.47 Å². The normalized spacial score (nSPS) is 10.8. The SMILES string of the molecule is CCOc1cc(/C=N\NC(=O)c2ccc(C)cc2Cl)ccc1OCc1ccc(Br)cc1. The number of hydrazone groups is 1. The highest BCUT2D eigenvalue weighted by Crippen LogP contribution is 2.29. The molecule has 0 aliphatic rings. The molecular formula is C24H22BrClN2O3. The molecule has 3 rings (SSSR count). The third-order valence-corrected chi connectivity index (χ3v) is 5.17. The van der Waals surface area contributed by atoms with Gasteiger partial charge in [0.15, 0.2) is 11.5 Å². The van der Waals surface area contributed by atoms with E-state index in [1.54, 1.807) is 18.3 Å². The van der Waals surface area contributed by atoms with E-state index in [9.17, 15) is 4.79 Å². The number of aryl methyl sites for hydroxylation is 1. The second-order valence-electron chi connectivity index (χ2n) is 6.74. The third-order valence-electron chi connectivity index (χ3n) is 4.32. The predicted molar refractivity (Wildman–Crippen MR) is 127 cm³/mol. The molecule has 0 bridgehead atoms. The number of rotatable bonds is 8. The molecule has 31 heavy (non-hydrogen) atoms. The molecule has 1 amide bonds. The van der Waals surface area contributed by atoms with Crippen molar-refractivity contribution in [2.24, 2.45) is 5.10 Å². The number of carbonyl (C=O) groups excluding carboxylic acids is 1. The summed E-state index contributed by atoms with van der Waals surface area (Å²) in [5.41, 5.74) is 5.66. The van der Waals surface area contributed by atoms with E-state index < -0.39 is 0 Å². The average molecular weight is 502 g/mol. The van der Waals surface area contributed by atoms with Crippen LogP contribution in [0.5, 0.6) is 11.5 Å². The molecule has 7 heteroatoms. The van der Waals surface area contributed by atoms with E-state index in [-0.39, 0.29) is 5.91 Å². The Morgan fingerprint density at radius 2 is 1.84 bits per heavy atom. The topological polar surface area (TPSA) is 59.9 Å². The van der Waals surface area contributed by atoms with Gasteiger partial charge in [-0.05, 0) is 73.0 Å². The molecule has 0 saturated heterocycles. The van der Waals surface area contributed by atoms with Crippen molar-refractivity contribution >= 4 is 39.7 Å². The summed E-state index contributed by atoms with van der Waals surface area (Å²) in [4.78, 5) is 12.3. The van der Waals surface area contributed by atoms with Crippen LogP contribution in [-0.2, 0) is 6.61 Å². The molecule has 0 radical (unpaired) electrons. The maximum absolute atomic E-state index is 12.3. The summed E-state index contributed by atoms with van der Waals surface area (Å²) >= 11 is 9.55. The van der Waals surface area contributed by atoms with Gasteiger partial charge in [-0.1, -0.05) is 45.7 Å². The number of hydrogen-bond donors (Lipinski definition) is 1. The lowest BCUT2D eigenvalue weighted by Crippen LogP contribution is -2.18. The second kappa shape index (κ2) is 11.0. The Balaban J connectivity index is 1.66. The average Bonchev–Trinajstić information content (AvgIpc) is 2.74. The molecule has 0 aliphatic carbocycles. The van der Waals surface area contributed by atoms with Crippen molar-refractivity contribution in [2.45, 2.75) is 20.5 Å². The second-order valence-corrected chi connectivity index (χ2v) is 8.06. The molecule has 0 aromatic heterocycles. The minimum atomic E-state index is -0.374. The number of benzene rings is 3. The largest absolute Gasteiger partial charge is 0.490 e. The van der Waals surface area contributed by atoms with Gasteiger partial charge in [0.1, 0.15) is 6.61 Å². The molecule has 0 aliphatic heterocycles. The molecule has 0 heterocycles. The highest BCUT2D eigenvalue weighted by Gasteiger charge is 2.10. The maximum atomic E-state index is 12.3. The smallest absolute Gasteiger partial charge is 0.272 e. The minimum absolute atomic E-state index is 0.371. The fraction of sp³-hybridized carbons (Fsp3) is 0.167. The summed E-state index contributed by atoms with van der Waals surface area (Å²) < 4.78 is 12.7. The van der Waals surface area contributed by atoms with Gasteiger partial charge >= 0.3 is 0 Å². The first-order valence-corrected chi connectivity index (χ1v) is 10.9. The van der Waals surface area contributed by atoms with Gasteiger partial charge in [-0.25, -0.2) is 5.43 Å². The molecule has 5 nitrogen and oxygen atoms in total. The van der Waals surface area contributed by atoms with E-state index in [4.69, 9.17) is 21.1 Å². The Morgan fingerprint density at radius 3 is 2.55 bits per heavy atom. The zero-order valence-corrected chi connectivity index (χ0v) is 19.5. The lowest BCUT2D eigenvalue weighted by molar-refractivity contribution is 0.0955. The first kappa shape index (κ1) is 22.8. The zero-order chi connectivity index (χ0) is 22.2. The monoisotopic (exact) mass is 500 g/mol. The van der Waals surface area contributed by atoms with Gasteiger partial charge in [-0.3, -0.25) is 4.79 Å². The molecule has 3 aromatic rings. The minimum Gasteiger partial charge on any atom is -0.490 e. The van der Waals surface area contributed by atoms with E-state index in [1.165, 1.54) is 0 Å². The summed E-state index contributed by atoms with van der Waals surface area (Å²) in [5, 5.41) is 4.42. The number of hydrogen-bond acceptors (Lipinski definition) is 4. The molecule has 160 valence electrons. The van der Waals surface area contributed by atoms with Crippen LogP contribution in [-0.4, -0.2) is 18.7 Å². The van der Waals surface area contributed by atoms with Gasteiger partial charge in [0, 0.05) is 4.47 Å². The molecular weight excluding hydrogens is 480 g/mol. The van der Waals surface area contributed by atoms with Crippen LogP contribution in [0.4, 0.5) is 0 Å². The highest BCUT2D eigenvalue weighted by molar-refractivity contribution is 9.10. The quantitative estimate of drug-likeness (QED) is 0.297. The fourth-order valence-corrected chi connectivity index (χ4v) is 3.35. The summed E-state index contributed by atoms with van der Waals surface area (Å²) in [7, 11) is 0. The highest BCUT2D eigenvalue weighted by atomic mass is 79.9. The maximum Gasteiger partial charge on any atom is 0.272 e. The molecule has 0 atom stereocenters. The van der Waals surface area contributed by atoms with Gasteiger partial charge in [0.2, 0.25) is 0 Å². The fourth-order valence-electron chi connectivity index (χ4n) is 2.76. The number of amides is 1. The van der Waals surface area contributed by atoms with Crippen LogP contribution in [0, 0.1) is 6.92 Å². The number of carbonyl (C=O) groups is 1. The van der Waals surface area contributed by atoms with Crippen molar-refractivity contribution in [3.05, 3.63) is 92.4 Å². The standard InChI is InChI=1S/C24H22BrClN2O3/c1-3-30-23-13-18(7-11-22(23)31-15-17-5-8-19(25)9-6-17)14-27-28-24(29)20-10-4-16(2)12-21(20)26/h4-14H,3,15H2,1-2H3,(H,28,29)/b27-14-. The van der Waals surface area contributed by atoms with Crippen LogP contribution in [0.1, 0.15) is 34.0 Å². The molecule has 0 saturated carbocycles. The van der Waals surface area contributed by atoms with E-state index in [2.05, 4.69) is 26.5 Å². The summed E-state index contributed by atoms with van der Waals surface area (Å²) in [6, 6.07) is 18.6. The van der Waals surface area contributed by atoms with E-state index >= 15 is 0 Å². The summed E-state index contributed by atoms with van der Waals surface area (Å²) in [5.74, 6) is 0.870.